The first-order valence-electron chi connectivity index (χ1n) is 13.9. The molecule has 0 bridgehead atoms. The van der Waals surface area contributed by atoms with Crippen LogP contribution in [0, 0.1) is 23.4 Å². The lowest BCUT2D eigenvalue weighted by molar-refractivity contribution is -0.140. The lowest BCUT2D eigenvalue weighted by atomic mass is 9.86. The number of pyridine rings is 1. The second kappa shape index (κ2) is 11.2. The second-order valence-electron chi connectivity index (χ2n) is 10.8. The molecular weight excluding hydrogens is 539 g/mol. The van der Waals surface area contributed by atoms with Crippen LogP contribution < -0.4 is 4.74 Å². The minimum atomic E-state index is -0.975. The van der Waals surface area contributed by atoms with Gasteiger partial charge in [0.05, 0.1) is 11.1 Å². The molecule has 41 heavy (non-hydrogen) atoms. The minimum Gasteiger partial charge on any atom is -0.461 e. The van der Waals surface area contributed by atoms with E-state index in [1.807, 2.05) is 4.90 Å². The number of likely N-dealkylation sites (tertiary alicyclic amines) is 1. The Hall–Kier alpha value is -3.93. The number of benzene rings is 1. The summed E-state index contributed by atoms with van der Waals surface area (Å²) in [5.74, 6) is -3.06. The van der Waals surface area contributed by atoms with Crippen molar-refractivity contribution in [3.63, 3.8) is 0 Å². The van der Waals surface area contributed by atoms with Crippen LogP contribution in [-0.4, -0.2) is 80.6 Å². The third-order valence-corrected chi connectivity index (χ3v) is 8.22. The van der Waals surface area contributed by atoms with Crippen molar-refractivity contribution in [3.05, 3.63) is 47.3 Å². The van der Waals surface area contributed by atoms with Crippen LogP contribution in [0.1, 0.15) is 44.1 Å². The largest absolute Gasteiger partial charge is 0.461 e. The molecule has 0 atom stereocenters. The number of halogens is 3. The lowest BCUT2D eigenvalue weighted by Gasteiger charge is -2.36. The molecule has 2 N–H and O–H groups in total. The van der Waals surface area contributed by atoms with Gasteiger partial charge in [-0.05, 0) is 61.8 Å². The van der Waals surface area contributed by atoms with Gasteiger partial charge in [-0.15, -0.1) is 0 Å². The number of imidazole rings is 1. The van der Waals surface area contributed by atoms with E-state index in [-0.39, 0.29) is 47.2 Å². The molecule has 216 valence electrons. The Kier molecular flexibility index (Phi) is 7.41. The normalized spacial score (nSPS) is 21.0. The topological polar surface area (TPSA) is 112 Å². The van der Waals surface area contributed by atoms with Crippen LogP contribution in [0.25, 0.3) is 28.0 Å². The third kappa shape index (κ3) is 5.40. The molecule has 2 fully saturated rings. The van der Waals surface area contributed by atoms with Gasteiger partial charge in [0.25, 0.3) is 6.01 Å². The van der Waals surface area contributed by atoms with Gasteiger partial charge < -0.3 is 24.6 Å². The summed E-state index contributed by atoms with van der Waals surface area (Å²) in [6, 6.07) is 3.47. The summed E-state index contributed by atoms with van der Waals surface area (Å²) < 4.78 is 51.5. The number of nitrogens with zero attached hydrogens (tertiary/aromatic N) is 4. The van der Waals surface area contributed by atoms with E-state index < -0.39 is 41.2 Å². The summed E-state index contributed by atoms with van der Waals surface area (Å²) >= 11 is 0. The van der Waals surface area contributed by atoms with E-state index in [9.17, 15) is 9.59 Å². The number of rotatable bonds is 6. The monoisotopic (exact) mass is 569 g/mol. The number of ether oxygens (including phenoxy) is 1. The number of fused-ring (bicyclic) bond motifs is 1. The number of aromatic nitrogens is 3. The fourth-order valence-electron chi connectivity index (χ4n) is 5.75. The average Bonchev–Trinajstić information content (AvgIpc) is 3.32. The van der Waals surface area contributed by atoms with Crippen molar-refractivity contribution in [1.82, 2.24) is 24.8 Å². The van der Waals surface area contributed by atoms with Gasteiger partial charge in [-0.2, -0.15) is 4.98 Å². The molecule has 9 nitrogen and oxygen atoms in total. The van der Waals surface area contributed by atoms with Gasteiger partial charge in [0.2, 0.25) is 11.8 Å². The molecule has 6 rings (SSSR count). The van der Waals surface area contributed by atoms with E-state index in [2.05, 4.69) is 15.0 Å². The van der Waals surface area contributed by atoms with Crippen molar-refractivity contribution in [2.75, 3.05) is 32.8 Å². The number of aromatic amines is 1. The van der Waals surface area contributed by atoms with Gasteiger partial charge >= 0.3 is 0 Å². The summed E-state index contributed by atoms with van der Waals surface area (Å²) in [6.45, 7) is 1.60. The zero-order chi connectivity index (χ0) is 28.7. The predicted octanol–water partition coefficient (Wildman–Crippen LogP) is 3.82. The highest BCUT2D eigenvalue weighted by atomic mass is 19.1. The molecular formula is C29H30F3N5O4. The van der Waals surface area contributed by atoms with Crippen molar-refractivity contribution in [1.29, 1.82) is 0 Å². The summed E-state index contributed by atoms with van der Waals surface area (Å²) in [6.07, 6.45) is 5.75. The van der Waals surface area contributed by atoms with Crippen LogP contribution >= 0.6 is 0 Å². The van der Waals surface area contributed by atoms with E-state index in [4.69, 9.17) is 9.84 Å². The van der Waals surface area contributed by atoms with Gasteiger partial charge in [0, 0.05) is 38.2 Å². The summed E-state index contributed by atoms with van der Waals surface area (Å²) in [7, 11) is 0. The van der Waals surface area contributed by atoms with Gasteiger partial charge in [-0.3, -0.25) is 9.59 Å². The first kappa shape index (κ1) is 27.3. The maximum absolute atomic E-state index is 15.2. The van der Waals surface area contributed by atoms with Crippen LogP contribution in [0.5, 0.6) is 6.01 Å². The minimum absolute atomic E-state index is 0.0138. The molecule has 12 heteroatoms. The molecule has 1 saturated heterocycles. The molecule has 0 spiro atoms. The molecule has 1 saturated carbocycles. The number of carbonyl (C=O) groups is 2. The van der Waals surface area contributed by atoms with Crippen LogP contribution in [-0.2, 0) is 9.59 Å². The first-order valence-corrected chi connectivity index (χ1v) is 13.9. The van der Waals surface area contributed by atoms with Crippen LogP contribution in [0.15, 0.2) is 24.3 Å². The highest BCUT2D eigenvalue weighted by molar-refractivity contribution is 5.81. The van der Waals surface area contributed by atoms with Gasteiger partial charge in [0.1, 0.15) is 30.0 Å². The Morgan fingerprint density at radius 1 is 0.976 bits per heavy atom. The van der Waals surface area contributed by atoms with Crippen LogP contribution in [0.3, 0.4) is 0 Å². The first-order chi connectivity index (χ1) is 19.8. The molecule has 1 aromatic carbocycles. The van der Waals surface area contributed by atoms with Crippen LogP contribution in [0.2, 0.25) is 0 Å². The highest BCUT2D eigenvalue weighted by Gasteiger charge is 2.32. The molecule has 0 radical (unpaired) electrons. The van der Waals surface area contributed by atoms with Crippen molar-refractivity contribution in [2.45, 2.75) is 44.6 Å². The molecule has 2 amide bonds. The fourth-order valence-corrected chi connectivity index (χ4v) is 5.75. The zero-order valence-corrected chi connectivity index (χ0v) is 22.3. The third-order valence-electron chi connectivity index (χ3n) is 8.22. The Balaban J connectivity index is 1.17. The van der Waals surface area contributed by atoms with E-state index in [1.165, 1.54) is 4.90 Å². The van der Waals surface area contributed by atoms with Crippen molar-refractivity contribution in [3.8, 4) is 17.3 Å². The van der Waals surface area contributed by atoms with Gasteiger partial charge in [-0.1, -0.05) is 6.08 Å². The average molecular weight is 570 g/mol. The number of hydrogen-bond donors (Lipinski definition) is 2. The zero-order valence-electron chi connectivity index (χ0n) is 22.3. The summed E-state index contributed by atoms with van der Waals surface area (Å²) in [5.41, 5.74) is 0.127. The Morgan fingerprint density at radius 2 is 1.71 bits per heavy atom. The number of H-pyrrole nitrogens is 1. The van der Waals surface area contributed by atoms with Crippen molar-refractivity contribution >= 4 is 28.6 Å². The van der Waals surface area contributed by atoms with E-state index >= 15 is 13.2 Å². The standard InChI is InChI=1S/C29H30F3N5O4/c30-20-12-18(16-6-10-36(11-7-16)24(39)15-38)13-21(31)25(20)26-22(32)14-23-27(34-26)35-29(33-23)41-19-4-2-17(3-5-19)28(40)37-8-1-9-37/h6,12-14,17,19,38H,1-5,7-11,15H2,(H,33,34,35)/t17-,19+. The molecule has 3 aromatic rings. The van der Waals surface area contributed by atoms with Gasteiger partial charge in [0.15, 0.2) is 11.5 Å². The van der Waals surface area contributed by atoms with Crippen LogP contribution in [0.4, 0.5) is 13.2 Å². The van der Waals surface area contributed by atoms with Crippen molar-refractivity contribution < 1.29 is 32.6 Å². The predicted molar refractivity (Wildman–Crippen MR) is 143 cm³/mol. The van der Waals surface area contributed by atoms with E-state index in [0.717, 1.165) is 50.6 Å². The maximum atomic E-state index is 15.2. The highest BCUT2D eigenvalue weighted by Crippen LogP contribution is 2.34. The molecule has 1 aliphatic carbocycles. The number of amides is 2. The Morgan fingerprint density at radius 3 is 2.32 bits per heavy atom. The van der Waals surface area contributed by atoms with E-state index in [1.54, 1.807) is 6.08 Å². The second-order valence-corrected chi connectivity index (χ2v) is 10.8. The van der Waals surface area contributed by atoms with Crippen molar-refractivity contribution in [2.24, 2.45) is 5.92 Å². The Labute approximate surface area is 234 Å². The SMILES string of the molecule is O=C(CO)N1CC=C(c2cc(F)c(-c3nc4nc(O[C@H]5CC[C@@H](C(=O)N6CCC6)CC5)[nH]c4cc3F)c(F)c2)CC1. The summed E-state index contributed by atoms with van der Waals surface area (Å²) in [4.78, 5) is 38.8. The fraction of sp³-hybridized carbons (Fsp3) is 0.448. The quantitative estimate of drug-likeness (QED) is 0.467. The van der Waals surface area contributed by atoms with Gasteiger partial charge in [-0.25, -0.2) is 18.2 Å². The molecule has 0 unspecified atom stereocenters. The molecule has 2 aliphatic heterocycles. The molecule has 4 heterocycles. The maximum Gasteiger partial charge on any atom is 0.296 e. The number of carbonyl (C=O) groups excluding carboxylic acids is 2. The molecule has 2 aromatic heterocycles. The number of aliphatic hydroxyl groups excluding tert-OH is 1. The number of aliphatic hydroxyl groups is 1. The molecule has 3 aliphatic rings. The number of hydrogen-bond acceptors (Lipinski definition) is 6. The summed E-state index contributed by atoms with van der Waals surface area (Å²) in [5, 5.41) is 9.02. The lowest BCUT2D eigenvalue weighted by Crippen LogP contribution is -2.46. The Bertz CT molecular complexity index is 1510. The smallest absolute Gasteiger partial charge is 0.296 e. The number of nitrogens with one attached hydrogen (secondary N) is 1. The van der Waals surface area contributed by atoms with E-state index in [0.29, 0.717) is 31.4 Å².